The van der Waals surface area contributed by atoms with E-state index in [4.69, 9.17) is 19.7 Å². The van der Waals surface area contributed by atoms with Gasteiger partial charge in [0.2, 0.25) is 0 Å². The molecule has 0 saturated heterocycles. The molecule has 3 N–H and O–H groups in total. The molecule has 0 bridgehead atoms. The first-order valence-corrected chi connectivity index (χ1v) is 7.39. The first-order valence-electron chi connectivity index (χ1n) is 7.39. The molecule has 2 rings (SSSR count). The number of carboxylic acids is 1. The van der Waals surface area contributed by atoms with Gasteiger partial charge in [0.15, 0.2) is 6.61 Å². The highest BCUT2D eigenvalue weighted by atomic mass is 16.5. The molecule has 0 aromatic heterocycles. The molecule has 1 amide bonds. The Bertz CT molecular complexity index is 714. The molecule has 0 radical (unpaired) electrons. The molecule has 0 spiro atoms. The van der Waals surface area contributed by atoms with Crippen LogP contribution in [0.2, 0.25) is 0 Å². The van der Waals surface area contributed by atoms with Crippen LogP contribution in [-0.4, -0.2) is 66.4 Å². The van der Waals surface area contributed by atoms with E-state index in [1.807, 2.05) is 0 Å². The zero-order chi connectivity index (χ0) is 18.4. The van der Waals surface area contributed by atoms with Crippen LogP contribution in [-0.2, 0) is 19.1 Å². The van der Waals surface area contributed by atoms with Crippen LogP contribution in [0.15, 0.2) is 35.5 Å². The Morgan fingerprint density at radius 3 is 2.76 bits per heavy atom. The van der Waals surface area contributed by atoms with Gasteiger partial charge >= 0.3 is 11.9 Å². The van der Waals surface area contributed by atoms with Gasteiger partial charge in [0.25, 0.3) is 5.91 Å². The lowest BCUT2D eigenvalue weighted by Crippen LogP contribution is -2.31. The predicted molar refractivity (Wildman–Crippen MR) is 85.9 cm³/mol. The topological polar surface area (TPSA) is 125 Å². The van der Waals surface area contributed by atoms with Gasteiger partial charge in [-0.3, -0.25) is 4.79 Å². The second-order valence-corrected chi connectivity index (χ2v) is 5.13. The van der Waals surface area contributed by atoms with Crippen molar-refractivity contribution >= 4 is 23.5 Å². The average Bonchev–Trinajstić information content (AvgIpc) is 2.89. The normalized spacial score (nSPS) is 13.8. The fourth-order valence-corrected chi connectivity index (χ4v) is 2.30. The maximum absolute atomic E-state index is 12.4. The number of aliphatic carboxylic acids is 1. The summed E-state index contributed by atoms with van der Waals surface area (Å²) in [4.78, 5) is 36.2. The summed E-state index contributed by atoms with van der Waals surface area (Å²) in [5.74, 6) is -1.90. The second kappa shape index (κ2) is 8.15. The lowest BCUT2D eigenvalue weighted by atomic mass is 10.2. The number of carbonyl (C=O) groups excluding carboxylic acids is 2. The predicted octanol–water partition coefficient (Wildman–Crippen LogP) is -0.176. The smallest absolute Gasteiger partial charge is 0.341 e. The van der Waals surface area contributed by atoms with Gasteiger partial charge in [-0.2, -0.15) is 0 Å². The first kappa shape index (κ1) is 18.3. The van der Waals surface area contributed by atoms with Crippen molar-refractivity contribution in [2.45, 2.75) is 0 Å². The summed E-state index contributed by atoms with van der Waals surface area (Å²) in [6, 6.07) is 6.32. The highest BCUT2D eigenvalue weighted by Gasteiger charge is 2.34. The molecule has 1 aliphatic heterocycles. The number of nitrogens with zero attached hydrogens (tertiary/aromatic N) is 1. The molecule has 0 unspecified atom stereocenters. The van der Waals surface area contributed by atoms with Crippen LogP contribution in [0.1, 0.15) is 0 Å². The van der Waals surface area contributed by atoms with Gasteiger partial charge < -0.3 is 29.9 Å². The summed E-state index contributed by atoms with van der Waals surface area (Å²) < 4.78 is 9.78. The Balaban J connectivity index is 2.23. The SMILES string of the molecule is COC(=O)C1=C(Nc2cccc(OCC(=O)O)c2)C(=O)N(CCO)C1. The van der Waals surface area contributed by atoms with Gasteiger partial charge in [-0.25, -0.2) is 9.59 Å². The van der Waals surface area contributed by atoms with Crippen molar-refractivity contribution in [1.29, 1.82) is 0 Å². The van der Waals surface area contributed by atoms with Crippen LogP contribution in [0, 0.1) is 0 Å². The Labute approximate surface area is 143 Å². The molecule has 134 valence electrons. The number of methoxy groups -OCH3 is 1. The molecule has 1 aromatic carbocycles. The number of carbonyl (C=O) groups is 3. The summed E-state index contributed by atoms with van der Waals surface area (Å²) >= 11 is 0. The van der Waals surface area contributed by atoms with Crippen LogP contribution in [0.4, 0.5) is 5.69 Å². The van der Waals surface area contributed by atoms with E-state index in [9.17, 15) is 14.4 Å². The number of rotatable bonds is 8. The quantitative estimate of drug-likeness (QED) is 0.552. The Morgan fingerprint density at radius 2 is 2.12 bits per heavy atom. The number of anilines is 1. The number of ether oxygens (including phenoxy) is 2. The number of amides is 1. The van der Waals surface area contributed by atoms with E-state index in [-0.39, 0.29) is 31.0 Å². The molecule has 9 nitrogen and oxygen atoms in total. The van der Waals surface area contributed by atoms with E-state index >= 15 is 0 Å². The molecule has 1 aliphatic rings. The van der Waals surface area contributed by atoms with Crippen LogP contribution < -0.4 is 10.1 Å². The van der Waals surface area contributed by atoms with E-state index in [2.05, 4.69) is 5.32 Å². The van der Waals surface area contributed by atoms with Crippen molar-refractivity contribution in [3.8, 4) is 5.75 Å². The fraction of sp³-hybridized carbons (Fsp3) is 0.312. The number of hydrogen-bond acceptors (Lipinski definition) is 7. The number of benzene rings is 1. The summed E-state index contributed by atoms with van der Waals surface area (Å²) in [5, 5.41) is 20.5. The maximum Gasteiger partial charge on any atom is 0.341 e. The summed E-state index contributed by atoms with van der Waals surface area (Å²) in [6.45, 7) is -0.607. The molecule has 1 heterocycles. The summed E-state index contributed by atoms with van der Waals surface area (Å²) in [5.41, 5.74) is 0.645. The number of hydrogen-bond donors (Lipinski definition) is 3. The third-order valence-electron chi connectivity index (χ3n) is 3.42. The van der Waals surface area contributed by atoms with Gasteiger partial charge in [-0.15, -0.1) is 0 Å². The monoisotopic (exact) mass is 350 g/mol. The number of carboxylic acid groups (broad SMARTS) is 1. The first-order chi connectivity index (χ1) is 12.0. The highest BCUT2D eigenvalue weighted by Crippen LogP contribution is 2.24. The molecule has 0 aliphatic carbocycles. The molecule has 0 fully saturated rings. The van der Waals surface area contributed by atoms with E-state index in [0.717, 1.165) is 0 Å². The van der Waals surface area contributed by atoms with Crippen LogP contribution in [0.5, 0.6) is 5.75 Å². The lowest BCUT2D eigenvalue weighted by molar-refractivity contribution is -0.139. The number of aliphatic hydroxyl groups is 1. The van der Waals surface area contributed by atoms with E-state index in [1.54, 1.807) is 18.2 Å². The van der Waals surface area contributed by atoms with Crippen LogP contribution >= 0.6 is 0 Å². The van der Waals surface area contributed by atoms with Gasteiger partial charge in [-0.05, 0) is 12.1 Å². The van der Waals surface area contributed by atoms with Crippen molar-refractivity contribution in [2.24, 2.45) is 0 Å². The zero-order valence-electron chi connectivity index (χ0n) is 13.5. The van der Waals surface area contributed by atoms with E-state index < -0.39 is 24.5 Å². The van der Waals surface area contributed by atoms with Crippen molar-refractivity contribution in [1.82, 2.24) is 4.90 Å². The molecule has 9 heteroatoms. The third-order valence-corrected chi connectivity index (χ3v) is 3.42. The van der Waals surface area contributed by atoms with Gasteiger partial charge in [-0.1, -0.05) is 6.07 Å². The van der Waals surface area contributed by atoms with Crippen LogP contribution in [0.3, 0.4) is 0 Å². The summed E-state index contributed by atoms with van der Waals surface area (Å²) in [7, 11) is 1.21. The Morgan fingerprint density at radius 1 is 1.36 bits per heavy atom. The zero-order valence-corrected chi connectivity index (χ0v) is 13.5. The molecular formula is C16H18N2O7. The van der Waals surface area contributed by atoms with Gasteiger partial charge in [0.05, 0.1) is 25.8 Å². The maximum atomic E-state index is 12.4. The van der Waals surface area contributed by atoms with Crippen LogP contribution in [0.25, 0.3) is 0 Å². The van der Waals surface area contributed by atoms with E-state index in [1.165, 1.54) is 18.1 Å². The number of β-amino-alcohol motifs (C(OH)–C–C–N with tert-alkyl or cyclic N) is 1. The number of esters is 1. The van der Waals surface area contributed by atoms with E-state index in [0.29, 0.717) is 11.4 Å². The standard InChI is InChI=1S/C16H18N2O7/c1-24-16(23)12-8-18(5-6-19)15(22)14(12)17-10-3-2-4-11(7-10)25-9-13(20)21/h2-4,7,17,19H,5-6,8-9H2,1H3,(H,20,21). The average molecular weight is 350 g/mol. The van der Waals surface area contributed by atoms with Gasteiger partial charge in [0.1, 0.15) is 11.4 Å². The molecule has 25 heavy (non-hydrogen) atoms. The van der Waals surface area contributed by atoms with Crippen molar-refractivity contribution in [3.05, 3.63) is 35.5 Å². The van der Waals surface area contributed by atoms with Crippen molar-refractivity contribution < 1.29 is 34.1 Å². The fourth-order valence-electron chi connectivity index (χ4n) is 2.30. The molecule has 1 aromatic rings. The highest BCUT2D eigenvalue weighted by molar-refractivity contribution is 6.08. The number of nitrogens with one attached hydrogen (secondary N) is 1. The Kier molecular flexibility index (Phi) is 5.96. The van der Waals surface area contributed by atoms with Gasteiger partial charge in [0, 0.05) is 18.3 Å². The molecular weight excluding hydrogens is 332 g/mol. The third kappa shape index (κ3) is 4.48. The molecule has 0 saturated carbocycles. The second-order valence-electron chi connectivity index (χ2n) is 5.13. The molecule has 0 atom stereocenters. The Hall–Kier alpha value is -3.07. The minimum atomic E-state index is -1.11. The number of aliphatic hydroxyl groups excluding tert-OH is 1. The van der Waals surface area contributed by atoms with Crippen molar-refractivity contribution in [3.63, 3.8) is 0 Å². The minimum absolute atomic E-state index is 0.0314. The largest absolute Gasteiger partial charge is 0.482 e. The van der Waals surface area contributed by atoms with Crippen molar-refractivity contribution in [2.75, 3.05) is 38.7 Å². The lowest BCUT2D eigenvalue weighted by Gasteiger charge is -2.15. The summed E-state index contributed by atoms with van der Waals surface area (Å²) in [6.07, 6.45) is 0. The minimum Gasteiger partial charge on any atom is -0.482 e.